The van der Waals surface area contributed by atoms with Crippen LogP contribution in [0.4, 0.5) is 43.9 Å². The van der Waals surface area contributed by atoms with Gasteiger partial charge in [0.15, 0.2) is 0 Å². The molecule has 0 aromatic carbocycles. The summed E-state index contributed by atoms with van der Waals surface area (Å²) in [6, 6.07) is -1.57. The van der Waals surface area contributed by atoms with Gasteiger partial charge in [-0.25, -0.2) is 4.39 Å². The number of halogens is 10. The van der Waals surface area contributed by atoms with Gasteiger partial charge in [-0.15, -0.1) is 0 Å². The largest absolute Gasteiger partial charge is 0.431 e. The molecule has 3 atom stereocenters. The monoisotopic (exact) mass is 502 g/mol. The summed E-state index contributed by atoms with van der Waals surface area (Å²) in [5.41, 5.74) is -1.33. The number of hydrogen-bond donors (Lipinski definition) is 2. The average molecular weight is 502 g/mol. The minimum atomic E-state index is -6.74. The molecule has 0 aliphatic heterocycles. The first kappa shape index (κ1) is 29.6. The van der Waals surface area contributed by atoms with Gasteiger partial charge in [0, 0.05) is 18.9 Å². The second-order valence-electron chi connectivity index (χ2n) is 7.07. The van der Waals surface area contributed by atoms with Crippen LogP contribution in [0, 0.1) is 5.92 Å². The molecule has 0 aliphatic carbocycles. The van der Waals surface area contributed by atoms with E-state index < -0.39 is 83.1 Å². The van der Waals surface area contributed by atoms with Gasteiger partial charge in [0.25, 0.3) is 15.8 Å². The molecule has 0 radical (unpaired) electrons. The molecular weight excluding hydrogens is 482 g/mol. The van der Waals surface area contributed by atoms with Crippen LogP contribution in [-0.4, -0.2) is 73.4 Å². The third kappa shape index (κ3) is 7.93. The number of amides is 1. The Bertz CT molecular complexity index is 704. The Hall–Kier alpha value is -1.36. The Balaban J connectivity index is 6.08. The third-order valence-corrected chi connectivity index (χ3v) is 5.89. The van der Waals surface area contributed by atoms with Crippen LogP contribution in [0.15, 0.2) is 0 Å². The highest BCUT2D eigenvalue weighted by Gasteiger charge is 2.73. The molecule has 3 N–H and O–H groups in total. The molecular formula is C14H20F10N2O4S. The van der Waals surface area contributed by atoms with Crippen LogP contribution in [-0.2, 0) is 14.9 Å². The summed E-state index contributed by atoms with van der Waals surface area (Å²) in [5.74, 6) is -4.74. The number of carbonyl (C=O) groups excluding carboxylic acids is 1. The normalized spacial score (nSPS) is 17.5. The highest BCUT2D eigenvalue weighted by atomic mass is 32.2. The average Bonchev–Trinajstić information content (AvgIpc) is 2.47. The molecule has 0 aromatic rings. The van der Waals surface area contributed by atoms with Gasteiger partial charge in [-0.1, -0.05) is 0 Å². The number of alkyl halides is 10. The Morgan fingerprint density at radius 3 is 1.61 bits per heavy atom. The van der Waals surface area contributed by atoms with Crippen molar-refractivity contribution in [3.63, 3.8) is 0 Å². The van der Waals surface area contributed by atoms with E-state index in [-0.39, 0.29) is 0 Å². The third-order valence-electron chi connectivity index (χ3n) is 4.57. The van der Waals surface area contributed by atoms with E-state index >= 15 is 0 Å². The smallest absolute Gasteiger partial charge is 0.370 e. The van der Waals surface area contributed by atoms with E-state index in [9.17, 15) is 61.7 Å². The first-order valence-corrected chi connectivity index (χ1v) is 9.75. The highest BCUT2D eigenvalue weighted by Crippen LogP contribution is 2.52. The van der Waals surface area contributed by atoms with Crippen LogP contribution >= 0.6 is 0 Å². The van der Waals surface area contributed by atoms with Crippen LogP contribution in [0.3, 0.4) is 0 Å². The lowest BCUT2D eigenvalue weighted by molar-refractivity contribution is -0.352. The van der Waals surface area contributed by atoms with E-state index in [1.807, 2.05) is 0 Å². The minimum absolute atomic E-state index is 0.827. The summed E-state index contributed by atoms with van der Waals surface area (Å²) in [6.45, 7) is 0. The molecule has 0 spiro atoms. The van der Waals surface area contributed by atoms with Crippen molar-refractivity contribution >= 4 is 16.0 Å². The molecule has 0 bridgehead atoms. The lowest BCUT2D eigenvalue weighted by Crippen LogP contribution is -2.55. The summed E-state index contributed by atoms with van der Waals surface area (Å²) >= 11 is 0. The highest BCUT2D eigenvalue weighted by molar-refractivity contribution is 7.86. The van der Waals surface area contributed by atoms with Crippen molar-refractivity contribution < 1.29 is 61.7 Å². The van der Waals surface area contributed by atoms with Gasteiger partial charge < -0.3 is 10.6 Å². The second kappa shape index (κ2) is 9.64. The van der Waals surface area contributed by atoms with Crippen molar-refractivity contribution in [1.82, 2.24) is 4.90 Å². The minimum Gasteiger partial charge on any atom is -0.370 e. The lowest BCUT2D eigenvalue weighted by Gasteiger charge is -2.35. The number of rotatable bonds is 10. The predicted molar refractivity (Wildman–Crippen MR) is 86.0 cm³/mol. The molecule has 0 saturated heterocycles. The fraction of sp³-hybridized carbons (Fsp3) is 0.929. The fourth-order valence-corrected chi connectivity index (χ4v) is 4.04. The molecule has 17 heteroatoms. The van der Waals surface area contributed by atoms with Crippen molar-refractivity contribution in [2.24, 2.45) is 11.7 Å². The Morgan fingerprint density at radius 1 is 0.935 bits per heavy atom. The van der Waals surface area contributed by atoms with Gasteiger partial charge in [0.2, 0.25) is 5.91 Å². The summed E-state index contributed by atoms with van der Waals surface area (Å²) in [7, 11) is -2.99. The van der Waals surface area contributed by atoms with Crippen LogP contribution in [0.1, 0.15) is 25.7 Å². The van der Waals surface area contributed by atoms with Crippen molar-refractivity contribution in [1.29, 1.82) is 0 Å². The van der Waals surface area contributed by atoms with Gasteiger partial charge in [0.05, 0.1) is 5.92 Å². The van der Waals surface area contributed by atoms with E-state index in [0.717, 1.165) is 19.0 Å². The van der Waals surface area contributed by atoms with E-state index in [1.165, 1.54) is 0 Å². The molecule has 31 heavy (non-hydrogen) atoms. The standard InChI is InChI=1S/C14H20F10N2O4S/c1-26(2)8(5-10(25)27)9(31(28,29)30)4-3-7(12(16,17)18)6-11(15,13(19,20)21)14(22,23)24/h7-9H,3-6H2,1-2H3,(H2,25,27)(H,28,29,30). The van der Waals surface area contributed by atoms with Gasteiger partial charge in [-0.3, -0.25) is 9.35 Å². The van der Waals surface area contributed by atoms with E-state index in [1.54, 1.807) is 0 Å². The van der Waals surface area contributed by atoms with Crippen LogP contribution in [0.2, 0.25) is 0 Å². The Labute approximate surface area is 170 Å². The van der Waals surface area contributed by atoms with Crippen molar-refractivity contribution in [3.05, 3.63) is 0 Å². The lowest BCUT2D eigenvalue weighted by atomic mass is 9.86. The van der Waals surface area contributed by atoms with E-state index in [2.05, 4.69) is 0 Å². The van der Waals surface area contributed by atoms with Gasteiger partial charge in [-0.05, 0) is 26.9 Å². The number of nitrogens with two attached hydrogens (primary N) is 1. The molecule has 1 amide bonds. The van der Waals surface area contributed by atoms with Crippen LogP contribution in [0.5, 0.6) is 0 Å². The van der Waals surface area contributed by atoms with Crippen LogP contribution in [0.25, 0.3) is 0 Å². The van der Waals surface area contributed by atoms with Crippen molar-refractivity contribution in [2.45, 2.75) is 61.2 Å². The van der Waals surface area contributed by atoms with E-state index in [4.69, 9.17) is 5.73 Å². The van der Waals surface area contributed by atoms with Crippen LogP contribution < -0.4 is 5.73 Å². The molecule has 6 nitrogen and oxygen atoms in total. The predicted octanol–water partition coefficient (Wildman–Crippen LogP) is 3.23. The van der Waals surface area contributed by atoms with E-state index in [0.29, 0.717) is 0 Å². The number of nitrogens with zero attached hydrogens (tertiary/aromatic N) is 1. The molecule has 0 heterocycles. The SMILES string of the molecule is CN(C)C(CC(N)=O)C(CCC(CC(F)(C(F)(F)F)C(F)(F)F)C(F)(F)F)S(=O)(=O)O. The quantitative estimate of drug-likeness (QED) is 0.353. The van der Waals surface area contributed by atoms with Gasteiger partial charge in [0.1, 0.15) is 5.25 Å². The van der Waals surface area contributed by atoms with Gasteiger partial charge in [-0.2, -0.15) is 47.9 Å². The maximum atomic E-state index is 13.8. The molecule has 186 valence electrons. The fourth-order valence-electron chi connectivity index (χ4n) is 2.87. The summed E-state index contributed by atoms with van der Waals surface area (Å²) in [6.07, 6.45) is -26.3. The Morgan fingerprint density at radius 2 is 1.35 bits per heavy atom. The first-order valence-electron chi connectivity index (χ1n) is 8.25. The zero-order valence-corrected chi connectivity index (χ0v) is 16.8. The maximum absolute atomic E-state index is 13.8. The zero-order chi connectivity index (χ0) is 25.2. The van der Waals surface area contributed by atoms with Crippen molar-refractivity contribution in [2.75, 3.05) is 14.1 Å². The van der Waals surface area contributed by atoms with Gasteiger partial charge >= 0.3 is 18.5 Å². The second-order valence-corrected chi connectivity index (χ2v) is 8.71. The first-order chi connectivity index (χ1) is 13.4. The maximum Gasteiger partial charge on any atom is 0.431 e. The summed E-state index contributed by atoms with van der Waals surface area (Å²) < 4.78 is 162. The number of hydrogen-bond acceptors (Lipinski definition) is 4. The molecule has 0 aromatic heterocycles. The summed E-state index contributed by atoms with van der Waals surface area (Å²) in [4.78, 5) is 12.0. The van der Waals surface area contributed by atoms with Crippen molar-refractivity contribution in [3.8, 4) is 0 Å². The summed E-state index contributed by atoms with van der Waals surface area (Å²) in [5, 5.41) is -2.24. The molecule has 0 aliphatic rings. The molecule has 3 unspecified atom stereocenters. The molecule has 0 rings (SSSR count). The Kier molecular flexibility index (Phi) is 9.22. The topological polar surface area (TPSA) is 101 Å². The molecule has 0 fully saturated rings. The molecule has 0 saturated carbocycles. The zero-order valence-electron chi connectivity index (χ0n) is 15.9. The number of primary amides is 1. The number of carbonyl (C=O) groups is 1.